The van der Waals surface area contributed by atoms with Crippen molar-refractivity contribution in [2.45, 2.75) is 26.3 Å². The van der Waals surface area contributed by atoms with Crippen molar-refractivity contribution < 1.29 is 13.5 Å². The zero-order valence-electron chi connectivity index (χ0n) is 12.5. The van der Waals surface area contributed by atoms with Crippen LogP contribution < -0.4 is 0 Å². The highest BCUT2D eigenvalue weighted by Gasteiger charge is 2.30. The first-order valence-corrected chi connectivity index (χ1v) is 9.64. The smallest absolute Gasteiger partial charge is 0.214 e. The Morgan fingerprint density at radius 3 is 2.81 bits per heavy atom. The third-order valence-corrected chi connectivity index (χ3v) is 6.77. The summed E-state index contributed by atoms with van der Waals surface area (Å²) in [5.41, 5.74) is 2.68. The first-order valence-electron chi connectivity index (χ1n) is 7.15. The summed E-state index contributed by atoms with van der Waals surface area (Å²) in [5, 5.41) is 9.00. The first-order chi connectivity index (χ1) is 9.94. The Kier molecular flexibility index (Phi) is 5.73. The van der Waals surface area contributed by atoms with Crippen LogP contribution in [0.25, 0.3) is 0 Å². The molecule has 8 heteroatoms. The lowest BCUT2D eigenvalue weighted by Crippen LogP contribution is -2.54. The Morgan fingerprint density at radius 1 is 1.48 bits per heavy atom. The van der Waals surface area contributed by atoms with Crippen LogP contribution in [-0.4, -0.2) is 72.3 Å². The number of aromatic nitrogens is 1. The van der Waals surface area contributed by atoms with Crippen molar-refractivity contribution in [2.24, 2.45) is 0 Å². The van der Waals surface area contributed by atoms with Gasteiger partial charge in [-0.05, 0) is 20.3 Å². The van der Waals surface area contributed by atoms with Crippen LogP contribution in [-0.2, 0) is 16.4 Å². The average molecular weight is 333 g/mol. The van der Waals surface area contributed by atoms with Gasteiger partial charge in [0, 0.05) is 37.1 Å². The molecular weight excluding hydrogens is 310 g/mol. The van der Waals surface area contributed by atoms with E-state index in [1.165, 1.54) is 11.3 Å². The topological polar surface area (TPSA) is 73.7 Å². The van der Waals surface area contributed by atoms with Crippen molar-refractivity contribution >= 4 is 21.4 Å². The van der Waals surface area contributed by atoms with Gasteiger partial charge in [-0.1, -0.05) is 0 Å². The van der Waals surface area contributed by atoms with Gasteiger partial charge in [-0.15, -0.1) is 11.3 Å². The third-order valence-electron chi connectivity index (χ3n) is 3.94. The Labute approximate surface area is 130 Å². The number of aliphatic hydroxyl groups excluding tert-OH is 1. The largest absolute Gasteiger partial charge is 0.395 e. The summed E-state index contributed by atoms with van der Waals surface area (Å²) in [6.45, 7) is 6.33. The van der Waals surface area contributed by atoms with E-state index in [-0.39, 0.29) is 18.4 Å². The van der Waals surface area contributed by atoms with Crippen LogP contribution in [0.2, 0.25) is 0 Å². The molecule has 1 unspecified atom stereocenters. The quantitative estimate of drug-likeness (QED) is 0.812. The van der Waals surface area contributed by atoms with Crippen molar-refractivity contribution in [3.05, 3.63) is 16.1 Å². The maximum atomic E-state index is 12.4. The molecule has 2 heterocycles. The first kappa shape index (κ1) is 16.8. The van der Waals surface area contributed by atoms with Crippen molar-refractivity contribution in [2.75, 3.05) is 38.5 Å². The van der Waals surface area contributed by atoms with E-state index in [1.54, 1.807) is 9.82 Å². The predicted molar refractivity (Wildman–Crippen MR) is 84.0 cm³/mol. The third kappa shape index (κ3) is 4.23. The number of rotatable bonds is 6. The van der Waals surface area contributed by atoms with E-state index in [2.05, 4.69) is 9.88 Å². The minimum Gasteiger partial charge on any atom is -0.395 e. The summed E-state index contributed by atoms with van der Waals surface area (Å²) in [7, 11) is -3.22. The van der Waals surface area contributed by atoms with Gasteiger partial charge >= 0.3 is 0 Å². The molecule has 1 aromatic rings. The van der Waals surface area contributed by atoms with Gasteiger partial charge in [-0.25, -0.2) is 13.4 Å². The van der Waals surface area contributed by atoms with Gasteiger partial charge < -0.3 is 5.11 Å². The summed E-state index contributed by atoms with van der Waals surface area (Å²) in [4.78, 5) is 7.32. The minimum absolute atomic E-state index is 0.113. The van der Waals surface area contributed by atoms with Gasteiger partial charge in [-0.3, -0.25) is 4.90 Å². The standard InChI is InChI=1S/C13H23N3O3S2/c1-11-9-16(5-4-15(11)6-7-17)21(18,19)8-3-13-12(2)14-10-20-13/h10-11,17H,3-9H2,1-2H3. The van der Waals surface area contributed by atoms with E-state index in [0.29, 0.717) is 32.6 Å². The molecule has 0 saturated carbocycles. The van der Waals surface area contributed by atoms with Crippen LogP contribution in [0, 0.1) is 6.92 Å². The van der Waals surface area contributed by atoms with E-state index in [4.69, 9.17) is 5.11 Å². The summed E-state index contributed by atoms with van der Waals surface area (Å²) >= 11 is 1.51. The monoisotopic (exact) mass is 333 g/mol. The van der Waals surface area contributed by atoms with Crippen molar-refractivity contribution in [3.63, 3.8) is 0 Å². The molecular formula is C13H23N3O3S2. The fourth-order valence-electron chi connectivity index (χ4n) is 2.59. The summed E-state index contributed by atoms with van der Waals surface area (Å²) in [5.74, 6) is 0.142. The van der Waals surface area contributed by atoms with E-state index in [0.717, 1.165) is 10.6 Å². The summed E-state index contributed by atoms with van der Waals surface area (Å²) in [6, 6.07) is 0.144. The Balaban J connectivity index is 1.93. The van der Waals surface area contributed by atoms with E-state index < -0.39 is 10.0 Å². The fourth-order valence-corrected chi connectivity index (χ4v) is 5.03. The highest BCUT2D eigenvalue weighted by molar-refractivity contribution is 7.89. The highest BCUT2D eigenvalue weighted by Crippen LogP contribution is 2.17. The lowest BCUT2D eigenvalue weighted by atomic mass is 10.2. The van der Waals surface area contributed by atoms with Gasteiger partial charge in [0.2, 0.25) is 10.0 Å². The van der Waals surface area contributed by atoms with Crippen molar-refractivity contribution in [1.82, 2.24) is 14.2 Å². The molecule has 21 heavy (non-hydrogen) atoms. The second-order valence-electron chi connectivity index (χ2n) is 5.39. The molecule has 0 spiro atoms. The Bertz CT molecular complexity index is 559. The molecule has 2 rings (SSSR count). The van der Waals surface area contributed by atoms with E-state index >= 15 is 0 Å². The molecule has 0 aromatic carbocycles. The van der Waals surface area contributed by atoms with Crippen LogP contribution in [0.15, 0.2) is 5.51 Å². The molecule has 0 radical (unpaired) electrons. The number of thiazole rings is 1. The lowest BCUT2D eigenvalue weighted by molar-refractivity contribution is 0.104. The molecule has 120 valence electrons. The molecule has 1 aliphatic heterocycles. The molecule has 1 aromatic heterocycles. The number of aryl methyl sites for hydroxylation is 2. The molecule has 0 bridgehead atoms. The normalized spacial score (nSPS) is 21.8. The summed E-state index contributed by atoms with van der Waals surface area (Å²) < 4.78 is 26.5. The molecule has 0 aliphatic carbocycles. The number of piperazine rings is 1. The highest BCUT2D eigenvalue weighted by atomic mass is 32.2. The van der Waals surface area contributed by atoms with Gasteiger partial charge in [0.25, 0.3) is 0 Å². The molecule has 1 aliphatic rings. The summed E-state index contributed by atoms with van der Waals surface area (Å²) in [6.07, 6.45) is 0.532. The molecule has 1 saturated heterocycles. The van der Waals surface area contributed by atoms with Gasteiger partial charge in [-0.2, -0.15) is 4.31 Å². The van der Waals surface area contributed by atoms with Crippen LogP contribution in [0.5, 0.6) is 0 Å². The average Bonchev–Trinajstić information content (AvgIpc) is 2.84. The maximum Gasteiger partial charge on any atom is 0.214 e. The lowest BCUT2D eigenvalue weighted by Gasteiger charge is -2.38. The number of β-amino-alcohol motifs (C(OH)–C–C–N with tert-alkyl or cyclic N) is 1. The SMILES string of the molecule is Cc1ncsc1CCS(=O)(=O)N1CCN(CCO)C(C)C1. The number of sulfonamides is 1. The van der Waals surface area contributed by atoms with Gasteiger partial charge in [0.05, 0.1) is 23.6 Å². The van der Waals surface area contributed by atoms with Crippen molar-refractivity contribution in [3.8, 4) is 0 Å². The molecule has 1 N–H and O–H groups in total. The number of hydrogen-bond acceptors (Lipinski definition) is 6. The number of aliphatic hydroxyl groups is 1. The van der Waals surface area contributed by atoms with Gasteiger partial charge in [0.15, 0.2) is 0 Å². The van der Waals surface area contributed by atoms with Crippen LogP contribution in [0.4, 0.5) is 0 Å². The predicted octanol–water partition coefficient (Wildman–Crippen LogP) is 0.322. The zero-order valence-corrected chi connectivity index (χ0v) is 14.2. The minimum atomic E-state index is -3.22. The molecule has 1 fully saturated rings. The number of nitrogens with zero attached hydrogens (tertiary/aromatic N) is 3. The Morgan fingerprint density at radius 2 is 2.24 bits per heavy atom. The van der Waals surface area contributed by atoms with E-state index in [9.17, 15) is 8.42 Å². The molecule has 0 amide bonds. The molecule has 1 atom stereocenters. The van der Waals surface area contributed by atoms with Crippen LogP contribution in [0.3, 0.4) is 0 Å². The second-order valence-corrected chi connectivity index (χ2v) is 8.42. The van der Waals surface area contributed by atoms with Gasteiger partial charge in [0.1, 0.15) is 0 Å². The van der Waals surface area contributed by atoms with E-state index in [1.807, 2.05) is 13.8 Å². The van der Waals surface area contributed by atoms with Crippen LogP contribution in [0.1, 0.15) is 17.5 Å². The maximum absolute atomic E-state index is 12.4. The molecule has 6 nitrogen and oxygen atoms in total. The zero-order chi connectivity index (χ0) is 15.5. The van der Waals surface area contributed by atoms with Crippen LogP contribution >= 0.6 is 11.3 Å². The second kappa shape index (κ2) is 7.15. The number of hydrogen-bond donors (Lipinski definition) is 1. The van der Waals surface area contributed by atoms with Crippen molar-refractivity contribution in [1.29, 1.82) is 0 Å². The fraction of sp³-hybridized carbons (Fsp3) is 0.769. The Hall–Kier alpha value is -0.540.